The maximum Gasteiger partial charge on any atom is 0.243 e. The molecule has 70 heavy (non-hydrogen) atoms. The van der Waals surface area contributed by atoms with Crippen LogP contribution in [0.5, 0.6) is 5.75 Å². The van der Waals surface area contributed by atoms with Gasteiger partial charge in [0.2, 0.25) is 47.3 Å². The first kappa shape index (κ1) is 63.1. The average Bonchev–Trinajstić information content (AvgIpc) is 3.34. The number of amides is 8. The van der Waals surface area contributed by atoms with Crippen LogP contribution < -0.4 is 54.4 Å². The summed E-state index contributed by atoms with van der Waals surface area (Å²) in [7, 11) is 1.44. The lowest BCUT2D eigenvalue weighted by molar-refractivity contribution is -0.135. The monoisotopic (exact) mass is 1000 g/mol. The number of carbonyl (C=O) groups is 8. The summed E-state index contributed by atoms with van der Waals surface area (Å²) in [5, 5.41) is 28.4. The zero-order valence-electron chi connectivity index (χ0n) is 42.3. The standard InChI is InChI=1S/C50H88N10O9S/c1-4-5-6-7-8-9-10-11-12-13-14-15-16-23-44(63)56-41(30-33-70-3)47(66)55-35-45(64)57-42(34-36-24-26-37(61)27-25-36)50(69)60-40(28-29-43(53)62)49(68)59-39(22-18-20-32-52)48(67)58-38(46(65)54-2)21-17-19-31-51/h24-27,38-42,61H,4-23,28-35,51-52H2,1-3H3,(H2,53,62)(H,54,65)(H,55,66)(H,56,63)(H,57,64)(H,58,67)(H,59,68)(H,60,69)/t38-,39-,40-,41-,42-/m0/s1. The molecule has 0 aliphatic heterocycles. The van der Waals surface area contributed by atoms with Crippen LogP contribution in [0.1, 0.15) is 160 Å². The molecule has 1 aromatic carbocycles. The Balaban J connectivity index is 3.06. The smallest absolute Gasteiger partial charge is 0.243 e. The third-order valence-electron chi connectivity index (χ3n) is 11.9. The number of thioether (sulfide) groups is 1. The van der Waals surface area contributed by atoms with E-state index < -0.39 is 78.1 Å². The van der Waals surface area contributed by atoms with Crippen molar-refractivity contribution < 1.29 is 43.5 Å². The van der Waals surface area contributed by atoms with Gasteiger partial charge in [-0.25, -0.2) is 0 Å². The topological polar surface area (TPSA) is 319 Å². The molecule has 0 radical (unpaired) electrons. The third-order valence-corrected chi connectivity index (χ3v) is 12.6. The molecule has 398 valence electrons. The van der Waals surface area contributed by atoms with Crippen molar-refractivity contribution in [2.75, 3.05) is 38.7 Å². The number of benzene rings is 1. The number of primary amides is 1. The highest BCUT2D eigenvalue weighted by molar-refractivity contribution is 7.98. The van der Waals surface area contributed by atoms with E-state index in [1.54, 1.807) is 12.1 Å². The zero-order valence-corrected chi connectivity index (χ0v) is 43.2. The highest BCUT2D eigenvalue weighted by atomic mass is 32.2. The van der Waals surface area contributed by atoms with Crippen molar-refractivity contribution in [3.05, 3.63) is 29.8 Å². The number of aromatic hydroxyl groups is 1. The molecular formula is C50H88N10O9S. The first-order valence-electron chi connectivity index (χ1n) is 25.6. The number of carbonyl (C=O) groups excluding carboxylic acids is 8. The van der Waals surface area contributed by atoms with Crippen LogP contribution in [0.3, 0.4) is 0 Å². The third kappa shape index (κ3) is 29.9. The summed E-state index contributed by atoms with van der Waals surface area (Å²) in [5.74, 6) is -4.50. The Labute approximate surface area is 421 Å². The minimum absolute atomic E-state index is 0.0330. The fourth-order valence-corrected chi connectivity index (χ4v) is 8.23. The summed E-state index contributed by atoms with van der Waals surface area (Å²) in [5.41, 5.74) is 17.3. The van der Waals surface area contributed by atoms with E-state index in [0.717, 1.165) is 19.3 Å². The molecule has 0 bridgehead atoms. The van der Waals surface area contributed by atoms with Crippen molar-refractivity contribution in [1.82, 2.24) is 37.2 Å². The molecule has 0 spiro atoms. The summed E-state index contributed by atoms with van der Waals surface area (Å²) < 4.78 is 0. The van der Waals surface area contributed by atoms with Crippen LogP contribution in [0.4, 0.5) is 0 Å². The summed E-state index contributed by atoms with van der Waals surface area (Å²) in [6.45, 7) is 2.41. The molecule has 1 rings (SSSR count). The number of hydrogen-bond donors (Lipinski definition) is 11. The molecule has 0 aliphatic rings. The Bertz CT molecular complexity index is 1690. The van der Waals surface area contributed by atoms with E-state index in [1.165, 1.54) is 88.7 Å². The van der Waals surface area contributed by atoms with E-state index in [1.807, 2.05) is 6.26 Å². The van der Waals surface area contributed by atoms with E-state index in [4.69, 9.17) is 17.2 Å². The molecule has 0 heterocycles. The van der Waals surface area contributed by atoms with E-state index in [0.29, 0.717) is 69.4 Å². The molecule has 0 saturated carbocycles. The number of rotatable bonds is 42. The number of hydrogen-bond acceptors (Lipinski definition) is 12. The van der Waals surface area contributed by atoms with Gasteiger partial charge in [-0.15, -0.1) is 0 Å². The van der Waals surface area contributed by atoms with Gasteiger partial charge in [-0.1, -0.05) is 96.1 Å². The van der Waals surface area contributed by atoms with Gasteiger partial charge in [0.05, 0.1) is 6.54 Å². The highest BCUT2D eigenvalue weighted by Gasteiger charge is 2.32. The summed E-state index contributed by atoms with van der Waals surface area (Å²) in [6, 6.07) is 0.195. The number of nitrogens with one attached hydrogen (secondary N) is 7. The Morgan fingerprint density at radius 3 is 1.47 bits per heavy atom. The van der Waals surface area contributed by atoms with Crippen LogP contribution in [0.2, 0.25) is 0 Å². The van der Waals surface area contributed by atoms with Gasteiger partial charge in [-0.2, -0.15) is 11.8 Å². The summed E-state index contributed by atoms with van der Waals surface area (Å²) in [6.07, 6.45) is 19.8. The minimum atomic E-state index is -1.41. The van der Waals surface area contributed by atoms with Crippen LogP contribution in [0.25, 0.3) is 0 Å². The van der Waals surface area contributed by atoms with Crippen LogP contribution >= 0.6 is 11.8 Å². The SMILES string of the molecule is CCCCCCCCCCCCCCCC(=O)N[C@@H](CCSC)C(=O)NCC(=O)N[C@@H](Cc1ccc(O)cc1)C(=O)N[C@@H](CCC(N)=O)C(=O)N[C@@H](CCCCN)C(=O)N[C@@H](CCCCN)C(=O)NC. The number of likely N-dealkylation sites (N-methyl/N-ethyl adjacent to an activating group) is 1. The molecular weight excluding hydrogens is 917 g/mol. The normalized spacial score (nSPS) is 13.2. The summed E-state index contributed by atoms with van der Waals surface area (Å²) >= 11 is 1.51. The Hall–Kier alpha value is -4.95. The van der Waals surface area contributed by atoms with Crippen molar-refractivity contribution in [1.29, 1.82) is 0 Å². The van der Waals surface area contributed by atoms with Crippen LogP contribution in [0, 0.1) is 0 Å². The fourth-order valence-electron chi connectivity index (χ4n) is 7.76. The van der Waals surface area contributed by atoms with E-state index in [9.17, 15) is 43.5 Å². The fraction of sp³-hybridized carbons (Fsp3) is 0.720. The van der Waals surface area contributed by atoms with Crippen molar-refractivity contribution in [2.24, 2.45) is 17.2 Å². The molecule has 8 amide bonds. The van der Waals surface area contributed by atoms with Gasteiger partial charge in [-0.3, -0.25) is 38.4 Å². The lowest BCUT2D eigenvalue weighted by Gasteiger charge is -2.26. The second kappa shape index (κ2) is 39.7. The van der Waals surface area contributed by atoms with Gasteiger partial charge in [0.25, 0.3) is 0 Å². The second-order valence-corrected chi connectivity index (χ2v) is 19.0. The molecule has 0 unspecified atom stereocenters. The first-order chi connectivity index (χ1) is 33.7. The van der Waals surface area contributed by atoms with Gasteiger partial charge in [0.1, 0.15) is 36.0 Å². The van der Waals surface area contributed by atoms with Crippen LogP contribution in [0.15, 0.2) is 24.3 Å². The number of nitrogens with two attached hydrogens (primary N) is 3. The molecule has 19 nitrogen and oxygen atoms in total. The predicted octanol–water partition coefficient (Wildman–Crippen LogP) is 2.98. The quantitative estimate of drug-likeness (QED) is 0.0422. The average molecular weight is 1010 g/mol. The Kier molecular flexibility index (Phi) is 35.8. The van der Waals surface area contributed by atoms with Gasteiger partial charge >= 0.3 is 0 Å². The van der Waals surface area contributed by atoms with Gasteiger partial charge in [-0.05, 0) is 101 Å². The maximum atomic E-state index is 14.1. The van der Waals surface area contributed by atoms with Crippen LogP contribution in [-0.4, -0.2) is 121 Å². The molecule has 1 aromatic rings. The largest absolute Gasteiger partial charge is 0.508 e. The van der Waals surface area contributed by atoms with Gasteiger partial charge < -0.3 is 59.5 Å². The Morgan fingerprint density at radius 1 is 0.529 bits per heavy atom. The number of phenolic OH excluding ortho intramolecular Hbond substituents is 1. The number of unbranched alkanes of at least 4 members (excludes halogenated alkanes) is 14. The minimum Gasteiger partial charge on any atom is -0.508 e. The molecule has 0 aromatic heterocycles. The van der Waals surface area contributed by atoms with E-state index >= 15 is 0 Å². The lowest BCUT2D eigenvalue weighted by atomic mass is 10.0. The number of phenols is 1. The molecule has 0 aliphatic carbocycles. The maximum absolute atomic E-state index is 14.1. The Morgan fingerprint density at radius 2 is 0.986 bits per heavy atom. The zero-order chi connectivity index (χ0) is 51.9. The van der Waals surface area contributed by atoms with Crippen molar-refractivity contribution in [3.63, 3.8) is 0 Å². The summed E-state index contributed by atoms with van der Waals surface area (Å²) in [4.78, 5) is 106. The predicted molar refractivity (Wildman–Crippen MR) is 276 cm³/mol. The van der Waals surface area contributed by atoms with Gasteiger partial charge in [0, 0.05) is 26.3 Å². The second-order valence-electron chi connectivity index (χ2n) is 18.0. The lowest BCUT2D eigenvalue weighted by Crippen LogP contribution is -2.59. The molecule has 20 heteroatoms. The molecule has 0 fully saturated rings. The van der Waals surface area contributed by atoms with E-state index in [2.05, 4.69) is 44.1 Å². The van der Waals surface area contributed by atoms with Crippen molar-refractivity contribution in [2.45, 2.75) is 191 Å². The van der Waals surface area contributed by atoms with Crippen molar-refractivity contribution in [3.8, 4) is 5.75 Å². The van der Waals surface area contributed by atoms with Crippen molar-refractivity contribution >= 4 is 59.0 Å². The highest BCUT2D eigenvalue weighted by Crippen LogP contribution is 2.15. The first-order valence-corrected chi connectivity index (χ1v) is 27.0. The molecule has 0 saturated heterocycles. The van der Waals surface area contributed by atoms with E-state index in [-0.39, 0.29) is 43.8 Å². The van der Waals surface area contributed by atoms with Crippen LogP contribution in [-0.2, 0) is 44.8 Å². The molecule has 14 N–H and O–H groups in total. The molecule has 5 atom stereocenters. The van der Waals surface area contributed by atoms with Gasteiger partial charge in [0.15, 0.2) is 0 Å².